The molecule has 4 aromatic rings. The van der Waals surface area contributed by atoms with Crippen LogP contribution in [-0.2, 0) is 6.42 Å². The minimum atomic E-state index is 0.769. The molecule has 3 heterocycles. The summed E-state index contributed by atoms with van der Waals surface area (Å²) in [6.45, 7) is 0.769. The van der Waals surface area contributed by atoms with Crippen LogP contribution in [0.2, 0.25) is 0 Å². The maximum Gasteiger partial charge on any atom is 0.206 e. The SMILES string of the molecule is c1coc(CCNc2nnc(-c3ccc4cnccc4c3)s2)c1. The van der Waals surface area contributed by atoms with E-state index in [4.69, 9.17) is 4.42 Å². The number of pyridine rings is 1. The van der Waals surface area contributed by atoms with Crippen molar-refractivity contribution < 1.29 is 4.42 Å². The van der Waals surface area contributed by atoms with Crippen LogP contribution < -0.4 is 5.32 Å². The first kappa shape index (κ1) is 13.9. The number of fused-ring (bicyclic) bond motifs is 1. The zero-order valence-electron chi connectivity index (χ0n) is 12.3. The lowest BCUT2D eigenvalue weighted by atomic mass is 10.1. The van der Waals surface area contributed by atoms with Gasteiger partial charge in [-0.1, -0.05) is 23.5 Å². The molecular weight excluding hydrogens is 308 g/mol. The van der Waals surface area contributed by atoms with Gasteiger partial charge in [0.2, 0.25) is 5.13 Å². The van der Waals surface area contributed by atoms with E-state index in [-0.39, 0.29) is 0 Å². The third-order valence-electron chi connectivity index (χ3n) is 3.54. The van der Waals surface area contributed by atoms with Crippen LogP contribution in [0.25, 0.3) is 21.3 Å². The molecule has 0 aliphatic carbocycles. The van der Waals surface area contributed by atoms with Gasteiger partial charge in [-0.3, -0.25) is 4.98 Å². The Kier molecular flexibility index (Phi) is 3.73. The number of nitrogens with zero attached hydrogens (tertiary/aromatic N) is 3. The number of nitrogens with one attached hydrogen (secondary N) is 1. The molecule has 0 fully saturated rings. The zero-order chi connectivity index (χ0) is 15.5. The van der Waals surface area contributed by atoms with Gasteiger partial charge < -0.3 is 9.73 Å². The Hall–Kier alpha value is -2.73. The summed E-state index contributed by atoms with van der Waals surface area (Å²) in [7, 11) is 0. The second-order valence-electron chi connectivity index (χ2n) is 5.11. The number of rotatable bonds is 5. The van der Waals surface area contributed by atoms with Gasteiger partial charge in [0.1, 0.15) is 10.8 Å². The summed E-state index contributed by atoms with van der Waals surface area (Å²) >= 11 is 1.55. The average Bonchev–Trinajstić information content (AvgIpc) is 3.26. The zero-order valence-corrected chi connectivity index (χ0v) is 13.1. The molecular formula is C17H14N4OS. The fraction of sp³-hybridized carbons (Fsp3) is 0.118. The van der Waals surface area contributed by atoms with Gasteiger partial charge in [0.05, 0.1) is 6.26 Å². The molecule has 0 bridgehead atoms. The molecule has 5 nitrogen and oxygen atoms in total. The lowest BCUT2D eigenvalue weighted by Crippen LogP contribution is -2.03. The van der Waals surface area contributed by atoms with Crippen molar-refractivity contribution in [3.05, 3.63) is 60.8 Å². The summed E-state index contributed by atoms with van der Waals surface area (Å²) in [6, 6.07) is 12.1. The second kappa shape index (κ2) is 6.18. The molecule has 6 heteroatoms. The highest BCUT2D eigenvalue weighted by Crippen LogP contribution is 2.28. The van der Waals surface area contributed by atoms with Crippen LogP contribution in [0.1, 0.15) is 5.76 Å². The minimum Gasteiger partial charge on any atom is -0.469 e. The van der Waals surface area contributed by atoms with E-state index in [1.807, 2.05) is 24.4 Å². The van der Waals surface area contributed by atoms with Gasteiger partial charge in [0.25, 0.3) is 0 Å². The molecule has 0 saturated carbocycles. The predicted octanol–water partition coefficient (Wildman–Crippen LogP) is 4.00. The minimum absolute atomic E-state index is 0.769. The highest BCUT2D eigenvalue weighted by atomic mass is 32.1. The van der Waals surface area contributed by atoms with Gasteiger partial charge in [-0.15, -0.1) is 10.2 Å². The number of aromatic nitrogens is 3. The van der Waals surface area contributed by atoms with Gasteiger partial charge >= 0.3 is 0 Å². The van der Waals surface area contributed by atoms with Crippen LogP contribution in [0.5, 0.6) is 0 Å². The second-order valence-corrected chi connectivity index (χ2v) is 6.08. The largest absolute Gasteiger partial charge is 0.469 e. The van der Waals surface area contributed by atoms with Crippen molar-refractivity contribution in [1.29, 1.82) is 0 Å². The first-order chi connectivity index (χ1) is 11.4. The highest BCUT2D eigenvalue weighted by Gasteiger charge is 2.07. The summed E-state index contributed by atoms with van der Waals surface area (Å²) in [5, 5.41) is 15.8. The van der Waals surface area contributed by atoms with Crippen molar-refractivity contribution >= 4 is 27.2 Å². The lowest BCUT2D eigenvalue weighted by molar-refractivity contribution is 0.513. The van der Waals surface area contributed by atoms with Crippen LogP contribution in [-0.4, -0.2) is 21.7 Å². The normalized spacial score (nSPS) is 11.0. The number of anilines is 1. The van der Waals surface area contributed by atoms with Crippen molar-refractivity contribution in [2.75, 3.05) is 11.9 Å². The van der Waals surface area contributed by atoms with Crippen LogP contribution in [0, 0.1) is 0 Å². The van der Waals surface area contributed by atoms with Crippen LogP contribution in [0.4, 0.5) is 5.13 Å². The average molecular weight is 322 g/mol. The Bertz CT molecular complexity index is 917. The molecule has 0 amide bonds. The Morgan fingerprint density at radius 2 is 2.09 bits per heavy atom. The van der Waals surface area contributed by atoms with Gasteiger partial charge in [0, 0.05) is 36.3 Å². The molecule has 1 aromatic carbocycles. The quantitative estimate of drug-likeness (QED) is 0.601. The molecule has 0 unspecified atom stereocenters. The summed E-state index contributed by atoms with van der Waals surface area (Å²) < 4.78 is 5.31. The number of hydrogen-bond donors (Lipinski definition) is 1. The van der Waals surface area contributed by atoms with Crippen molar-refractivity contribution in [2.45, 2.75) is 6.42 Å². The molecule has 114 valence electrons. The van der Waals surface area contributed by atoms with Gasteiger partial charge in [-0.05, 0) is 29.7 Å². The first-order valence-electron chi connectivity index (χ1n) is 7.32. The summed E-state index contributed by atoms with van der Waals surface area (Å²) in [6.07, 6.45) is 6.17. The fourth-order valence-corrected chi connectivity index (χ4v) is 3.14. The molecule has 0 radical (unpaired) electrons. The molecule has 3 aromatic heterocycles. The third kappa shape index (κ3) is 3.07. The van der Waals surface area contributed by atoms with E-state index < -0.39 is 0 Å². The predicted molar refractivity (Wildman–Crippen MR) is 91.5 cm³/mol. The first-order valence-corrected chi connectivity index (χ1v) is 8.14. The van der Waals surface area contributed by atoms with Crippen molar-refractivity contribution in [3.63, 3.8) is 0 Å². The van der Waals surface area contributed by atoms with E-state index in [0.29, 0.717) is 0 Å². The smallest absolute Gasteiger partial charge is 0.206 e. The van der Waals surface area contributed by atoms with E-state index >= 15 is 0 Å². The maximum absolute atomic E-state index is 5.31. The highest BCUT2D eigenvalue weighted by molar-refractivity contribution is 7.18. The lowest BCUT2D eigenvalue weighted by Gasteiger charge is -2.00. The summed E-state index contributed by atoms with van der Waals surface area (Å²) in [4.78, 5) is 4.13. The number of benzene rings is 1. The molecule has 1 N–H and O–H groups in total. The number of hydrogen-bond acceptors (Lipinski definition) is 6. The topological polar surface area (TPSA) is 63.8 Å². The summed E-state index contributed by atoms with van der Waals surface area (Å²) in [5.41, 5.74) is 1.07. The molecule has 23 heavy (non-hydrogen) atoms. The van der Waals surface area contributed by atoms with Gasteiger partial charge in [-0.25, -0.2) is 0 Å². The van der Waals surface area contributed by atoms with E-state index in [1.165, 1.54) is 0 Å². The van der Waals surface area contributed by atoms with Crippen molar-refractivity contribution in [3.8, 4) is 10.6 Å². The molecule has 0 atom stereocenters. The van der Waals surface area contributed by atoms with Crippen LogP contribution in [0.15, 0.2) is 59.5 Å². The van der Waals surface area contributed by atoms with Crippen molar-refractivity contribution in [1.82, 2.24) is 15.2 Å². The Morgan fingerprint density at radius 3 is 3.00 bits per heavy atom. The molecule has 0 aliphatic heterocycles. The van der Waals surface area contributed by atoms with Crippen LogP contribution in [0.3, 0.4) is 0 Å². The van der Waals surface area contributed by atoms with E-state index in [1.54, 1.807) is 23.8 Å². The maximum atomic E-state index is 5.31. The van der Waals surface area contributed by atoms with E-state index in [2.05, 4.69) is 38.7 Å². The Balaban J connectivity index is 1.47. The monoisotopic (exact) mass is 322 g/mol. The number of furan rings is 1. The van der Waals surface area contributed by atoms with E-state index in [0.717, 1.165) is 45.2 Å². The van der Waals surface area contributed by atoms with Crippen LogP contribution >= 0.6 is 11.3 Å². The van der Waals surface area contributed by atoms with Gasteiger partial charge in [-0.2, -0.15) is 0 Å². The van der Waals surface area contributed by atoms with E-state index in [9.17, 15) is 0 Å². The Morgan fingerprint density at radius 1 is 1.09 bits per heavy atom. The standard InChI is InChI=1S/C17H14N4OS/c1-2-15(22-9-1)6-8-19-17-21-20-16(23-17)13-3-4-14-11-18-7-5-12(14)10-13/h1-5,7,9-11H,6,8H2,(H,19,21). The fourth-order valence-electron chi connectivity index (χ4n) is 2.38. The molecule has 0 aliphatic rings. The Labute approximate surface area is 137 Å². The molecule has 4 rings (SSSR count). The van der Waals surface area contributed by atoms with Gasteiger partial charge in [0.15, 0.2) is 0 Å². The third-order valence-corrected chi connectivity index (χ3v) is 4.47. The summed E-state index contributed by atoms with van der Waals surface area (Å²) in [5.74, 6) is 0.963. The van der Waals surface area contributed by atoms with Crippen molar-refractivity contribution in [2.24, 2.45) is 0 Å². The molecule has 0 spiro atoms. The molecule has 0 saturated heterocycles.